The van der Waals surface area contributed by atoms with Gasteiger partial charge in [-0.15, -0.1) is 0 Å². The van der Waals surface area contributed by atoms with Crippen molar-refractivity contribution in [3.63, 3.8) is 0 Å². The molecule has 86 valence electrons. The Bertz CT molecular complexity index is 422. The van der Waals surface area contributed by atoms with Crippen molar-refractivity contribution in [1.82, 2.24) is 0 Å². The Morgan fingerprint density at radius 2 is 1.88 bits per heavy atom. The second kappa shape index (κ2) is 3.81. The molecule has 0 atom stereocenters. The maximum atomic E-state index is 12.1. The van der Waals surface area contributed by atoms with Gasteiger partial charge < -0.3 is 10.6 Å². The number of nitrogens with one attached hydrogen (secondary N) is 2. The van der Waals surface area contributed by atoms with Crippen LogP contribution in [0, 0.1) is 6.92 Å². The van der Waals surface area contributed by atoms with Crippen molar-refractivity contribution in [3.05, 3.63) is 23.8 Å². The van der Waals surface area contributed by atoms with E-state index in [2.05, 4.69) is 23.6 Å². The van der Waals surface area contributed by atoms with Gasteiger partial charge in [-0.05, 0) is 37.5 Å². The molecule has 0 saturated carbocycles. The highest BCUT2D eigenvalue weighted by Gasteiger charge is 2.38. The normalized spacial score (nSPS) is 17.3. The van der Waals surface area contributed by atoms with Crippen LogP contribution in [-0.4, -0.2) is 11.4 Å². The third kappa shape index (κ3) is 1.56. The van der Waals surface area contributed by atoms with Crippen LogP contribution in [0.15, 0.2) is 18.2 Å². The van der Waals surface area contributed by atoms with Crippen molar-refractivity contribution in [2.45, 2.75) is 39.2 Å². The maximum Gasteiger partial charge on any atom is 0.250 e. The SMILES string of the molecule is CCC1(CC)Nc2cc(C)ccc2NC1=O. The highest BCUT2D eigenvalue weighted by molar-refractivity contribution is 6.06. The molecular formula is C13H18N2O. The van der Waals surface area contributed by atoms with E-state index in [0.29, 0.717) is 0 Å². The average Bonchev–Trinajstić information content (AvgIpc) is 2.29. The minimum Gasteiger partial charge on any atom is -0.370 e. The van der Waals surface area contributed by atoms with Crippen LogP contribution in [0.25, 0.3) is 0 Å². The fourth-order valence-electron chi connectivity index (χ4n) is 2.17. The Kier molecular flexibility index (Phi) is 2.62. The van der Waals surface area contributed by atoms with Crippen molar-refractivity contribution < 1.29 is 4.79 Å². The summed E-state index contributed by atoms with van der Waals surface area (Å²) in [5.74, 6) is 0.0776. The van der Waals surface area contributed by atoms with Crippen LogP contribution in [0.2, 0.25) is 0 Å². The summed E-state index contributed by atoms with van der Waals surface area (Å²) in [4.78, 5) is 12.1. The van der Waals surface area contributed by atoms with Crippen molar-refractivity contribution >= 4 is 17.3 Å². The third-order valence-corrected chi connectivity index (χ3v) is 3.44. The Morgan fingerprint density at radius 3 is 2.50 bits per heavy atom. The Hall–Kier alpha value is -1.51. The third-order valence-electron chi connectivity index (χ3n) is 3.44. The molecule has 1 aliphatic rings. The lowest BCUT2D eigenvalue weighted by molar-refractivity contribution is -0.120. The molecular weight excluding hydrogens is 200 g/mol. The number of carbonyl (C=O) groups is 1. The molecule has 0 unspecified atom stereocenters. The zero-order valence-corrected chi connectivity index (χ0v) is 10.1. The van der Waals surface area contributed by atoms with E-state index in [1.165, 1.54) is 5.56 Å². The molecule has 2 rings (SSSR count). The summed E-state index contributed by atoms with van der Waals surface area (Å²) in [6, 6.07) is 6.03. The van der Waals surface area contributed by atoms with Gasteiger partial charge in [0.15, 0.2) is 0 Å². The number of benzene rings is 1. The second-order valence-electron chi connectivity index (χ2n) is 4.42. The predicted octanol–water partition coefficient (Wildman–Crippen LogP) is 2.92. The number of carbonyl (C=O) groups excluding carboxylic acids is 1. The van der Waals surface area contributed by atoms with E-state index in [0.717, 1.165) is 24.2 Å². The highest BCUT2D eigenvalue weighted by atomic mass is 16.2. The standard InChI is InChI=1S/C13H18N2O/c1-4-13(5-2)12(16)14-10-7-6-9(3)8-11(10)15-13/h6-8,15H,4-5H2,1-3H3,(H,14,16). The van der Waals surface area contributed by atoms with E-state index in [1.807, 2.05) is 26.0 Å². The van der Waals surface area contributed by atoms with E-state index in [4.69, 9.17) is 0 Å². The molecule has 1 amide bonds. The summed E-state index contributed by atoms with van der Waals surface area (Å²) in [6.45, 7) is 6.13. The Balaban J connectivity index is 2.43. The van der Waals surface area contributed by atoms with Crippen molar-refractivity contribution in [2.24, 2.45) is 0 Å². The number of amides is 1. The van der Waals surface area contributed by atoms with E-state index in [1.54, 1.807) is 0 Å². The van der Waals surface area contributed by atoms with Crippen LogP contribution in [-0.2, 0) is 4.79 Å². The molecule has 16 heavy (non-hydrogen) atoms. The highest BCUT2D eigenvalue weighted by Crippen LogP contribution is 2.34. The van der Waals surface area contributed by atoms with Gasteiger partial charge in [0, 0.05) is 0 Å². The van der Waals surface area contributed by atoms with Gasteiger partial charge in [0.25, 0.3) is 0 Å². The zero-order valence-electron chi connectivity index (χ0n) is 10.1. The molecule has 1 aliphatic heterocycles. The van der Waals surface area contributed by atoms with E-state index in [-0.39, 0.29) is 5.91 Å². The first-order chi connectivity index (χ1) is 7.61. The molecule has 3 heteroatoms. The lowest BCUT2D eigenvalue weighted by Crippen LogP contribution is -2.51. The lowest BCUT2D eigenvalue weighted by Gasteiger charge is -2.37. The molecule has 0 aromatic heterocycles. The van der Waals surface area contributed by atoms with Crippen LogP contribution in [0.5, 0.6) is 0 Å². The summed E-state index contributed by atoms with van der Waals surface area (Å²) in [6.07, 6.45) is 1.59. The number of aryl methyl sites for hydroxylation is 1. The summed E-state index contributed by atoms with van der Waals surface area (Å²) in [5.41, 5.74) is 2.67. The van der Waals surface area contributed by atoms with Crippen molar-refractivity contribution in [1.29, 1.82) is 0 Å². The number of hydrogen-bond acceptors (Lipinski definition) is 2. The minimum atomic E-state index is -0.444. The van der Waals surface area contributed by atoms with E-state index >= 15 is 0 Å². The zero-order chi connectivity index (χ0) is 11.8. The first-order valence-electron chi connectivity index (χ1n) is 5.81. The monoisotopic (exact) mass is 218 g/mol. The molecule has 0 fully saturated rings. The van der Waals surface area contributed by atoms with Crippen LogP contribution in [0.1, 0.15) is 32.3 Å². The Morgan fingerprint density at radius 1 is 1.19 bits per heavy atom. The van der Waals surface area contributed by atoms with Gasteiger partial charge in [0.1, 0.15) is 5.54 Å². The van der Waals surface area contributed by atoms with Crippen LogP contribution < -0.4 is 10.6 Å². The average molecular weight is 218 g/mol. The molecule has 0 spiro atoms. The molecule has 3 nitrogen and oxygen atoms in total. The molecule has 0 radical (unpaired) electrons. The quantitative estimate of drug-likeness (QED) is 0.801. The van der Waals surface area contributed by atoms with Gasteiger partial charge in [0.05, 0.1) is 11.4 Å². The summed E-state index contributed by atoms with van der Waals surface area (Å²) >= 11 is 0. The molecule has 0 saturated heterocycles. The van der Waals surface area contributed by atoms with Gasteiger partial charge >= 0.3 is 0 Å². The minimum absolute atomic E-state index is 0.0776. The van der Waals surface area contributed by atoms with Gasteiger partial charge in [-0.2, -0.15) is 0 Å². The lowest BCUT2D eigenvalue weighted by atomic mass is 9.89. The summed E-state index contributed by atoms with van der Waals surface area (Å²) in [7, 11) is 0. The molecule has 2 N–H and O–H groups in total. The molecule has 0 aliphatic carbocycles. The number of fused-ring (bicyclic) bond motifs is 1. The Labute approximate surface area is 96.2 Å². The smallest absolute Gasteiger partial charge is 0.250 e. The van der Waals surface area contributed by atoms with Crippen LogP contribution in [0.3, 0.4) is 0 Å². The summed E-state index contributed by atoms with van der Waals surface area (Å²) < 4.78 is 0. The molecule has 1 aromatic carbocycles. The van der Waals surface area contributed by atoms with E-state index < -0.39 is 5.54 Å². The van der Waals surface area contributed by atoms with Gasteiger partial charge in [-0.1, -0.05) is 19.9 Å². The van der Waals surface area contributed by atoms with Crippen molar-refractivity contribution in [3.8, 4) is 0 Å². The largest absolute Gasteiger partial charge is 0.370 e. The van der Waals surface area contributed by atoms with Gasteiger partial charge in [0.2, 0.25) is 5.91 Å². The topological polar surface area (TPSA) is 41.1 Å². The molecule has 1 aromatic rings. The first kappa shape index (κ1) is 11.0. The van der Waals surface area contributed by atoms with Crippen molar-refractivity contribution in [2.75, 3.05) is 10.6 Å². The van der Waals surface area contributed by atoms with E-state index in [9.17, 15) is 4.79 Å². The van der Waals surface area contributed by atoms with Crippen LogP contribution in [0.4, 0.5) is 11.4 Å². The fraction of sp³-hybridized carbons (Fsp3) is 0.462. The maximum absolute atomic E-state index is 12.1. The number of rotatable bonds is 2. The number of hydrogen-bond donors (Lipinski definition) is 2. The number of anilines is 2. The van der Waals surface area contributed by atoms with Gasteiger partial charge in [-0.25, -0.2) is 0 Å². The van der Waals surface area contributed by atoms with Crippen LogP contribution >= 0.6 is 0 Å². The second-order valence-corrected chi connectivity index (χ2v) is 4.42. The molecule has 1 heterocycles. The summed E-state index contributed by atoms with van der Waals surface area (Å²) in [5, 5.41) is 6.37. The van der Waals surface area contributed by atoms with Gasteiger partial charge in [-0.3, -0.25) is 4.79 Å². The predicted molar refractivity (Wildman–Crippen MR) is 66.7 cm³/mol. The molecule has 0 bridgehead atoms. The fourth-order valence-corrected chi connectivity index (χ4v) is 2.17. The first-order valence-corrected chi connectivity index (χ1v) is 5.81.